The summed E-state index contributed by atoms with van der Waals surface area (Å²) in [5, 5.41) is 17.2. The number of ether oxygens (including phenoxy) is 2. The second kappa shape index (κ2) is 12.0. The van der Waals surface area contributed by atoms with Crippen LogP contribution in [0.15, 0.2) is 79.0 Å². The number of carboxylic acids is 1. The second-order valence-corrected chi connectivity index (χ2v) is 8.40. The third kappa shape index (κ3) is 6.09. The normalized spacial score (nSPS) is 12.2. The fourth-order valence-corrected chi connectivity index (χ4v) is 4.23. The zero-order valence-electron chi connectivity index (χ0n) is 20.5. The molecule has 0 spiro atoms. The van der Waals surface area contributed by atoms with Crippen molar-refractivity contribution in [1.82, 2.24) is 10.2 Å². The van der Waals surface area contributed by atoms with Crippen LogP contribution < -0.4 is 4.74 Å². The maximum absolute atomic E-state index is 10.9. The van der Waals surface area contributed by atoms with Gasteiger partial charge in [0.2, 0.25) is 0 Å². The first-order valence-electron chi connectivity index (χ1n) is 12.0. The van der Waals surface area contributed by atoms with Gasteiger partial charge in [0, 0.05) is 31.6 Å². The zero-order valence-corrected chi connectivity index (χ0v) is 20.5. The van der Waals surface area contributed by atoms with Crippen molar-refractivity contribution in [2.45, 2.75) is 19.8 Å². The molecule has 3 aromatic carbocycles. The number of aromatic nitrogens is 2. The highest BCUT2D eigenvalue weighted by atomic mass is 16.5. The molecule has 4 aromatic rings. The molecule has 0 aliphatic carbocycles. The molecule has 0 aliphatic rings. The van der Waals surface area contributed by atoms with E-state index in [9.17, 15) is 4.79 Å². The van der Waals surface area contributed by atoms with Crippen LogP contribution in [0.25, 0.3) is 28.1 Å². The van der Waals surface area contributed by atoms with Gasteiger partial charge in [-0.05, 0) is 70.2 Å². The number of rotatable bonds is 11. The summed E-state index contributed by atoms with van der Waals surface area (Å²) >= 11 is 0. The van der Waals surface area contributed by atoms with E-state index in [1.165, 1.54) is 5.57 Å². The summed E-state index contributed by atoms with van der Waals surface area (Å²) in [5.41, 5.74) is 7.35. The molecule has 0 saturated carbocycles. The molecule has 0 amide bonds. The van der Waals surface area contributed by atoms with Crippen LogP contribution in [0.1, 0.15) is 42.0 Å². The number of benzene rings is 3. The summed E-state index contributed by atoms with van der Waals surface area (Å²) in [6.07, 6.45) is 6.21. The van der Waals surface area contributed by atoms with Crippen molar-refractivity contribution in [1.29, 1.82) is 0 Å². The fourth-order valence-electron chi connectivity index (χ4n) is 4.23. The van der Waals surface area contributed by atoms with Gasteiger partial charge in [-0.2, -0.15) is 5.10 Å². The molecule has 36 heavy (non-hydrogen) atoms. The highest BCUT2D eigenvalue weighted by Gasteiger charge is 2.15. The van der Waals surface area contributed by atoms with Crippen LogP contribution in [0.4, 0.5) is 0 Å². The number of methoxy groups -OCH3 is 1. The van der Waals surface area contributed by atoms with Crippen molar-refractivity contribution < 1.29 is 19.4 Å². The maximum atomic E-state index is 10.9. The highest BCUT2D eigenvalue weighted by molar-refractivity contribution is 6.00. The van der Waals surface area contributed by atoms with Gasteiger partial charge in [0.25, 0.3) is 0 Å². The predicted octanol–water partition coefficient (Wildman–Crippen LogP) is 6.45. The van der Waals surface area contributed by atoms with Crippen LogP contribution >= 0.6 is 0 Å². The zero-order chi connectivity index (χ0) is 25.3. The summed E-state index contributed by atoms with van der Waals surface area (Å²) in [4.78, 5) is 10.9. The Hall–Kier alpha value is -4.16. The Labute approximate surface area is 210 Å². The standard InChI is InChI=1S/C30H30N2O4/c1-3-27(23-6-4-7-26(19-23)36-17-5-16-35-2)30(24-13-14-28-25(18-24)20-31-32-28)22-11-8-21(9-12-22)10-15-29(33)34/h4,6-15,18-20H,3,5,16-17H2,1-2H3,(H,31,32)(H,33,34)/b15-10+,30-27+. The predicted molar refractivity (Wildman–Crippen MR) is 144 cm³/mol. The summed E-state index contributed by atoms with van der Waals surface area (Å²) in [6.45, 7) is 3.41. The fraction of sp³-hybridized carbons (Fsp3) is 0.200. The molecule has 0 bridgehead atoms. The molecular weight excluding hydrogens is 452 g/mol. The Balaban J connectivity index is 1.80. The molecule has 6 heteroatoms. The lowest BCUT2D eigenvalue weighted by atomic mass is 9.87. The van der Waals surface area contributed by atoms with E-state index >= 15 is 0 Å². The first-order valence-corrected chi connectivity index (χ1v) is 12.0. The summed E-state index contributed by atoms with van der Waals surface area (Å²) < 4.78 is 11.1. The smallest absolute Gasteiger partial charge is 0.328 e. The van der Waals surface area contributed by atoms with Crippen LogP contribution in [0.5, 0.6) is 5.75 Å². The second-order valence-electron chi connectivity index (χ2n) is 8.40. The highest BCUT2D eigenvalue weighted by Crippen LogP contribution is 2.36. The SMILES string of the molecule is CC/C(=C(/c1ccc(/C=C/C(=O)O)cc1)c1ccc2[nH]ncc2c1)c1cccc(OCCCOC)c1. The van der Waals surface area contributed by atoms with Gasteiger partial charge in [0.05, 0.1) is 18.3 Å². The van der Waals surface area contributed by atoms with E-state index in [-0.39, 0.29) is 0 Å². The Morgan fingerprint density at radius 2 is 1.81 bits per heavy atom. The lowest BCUT2D eigenvalue weighted by molar-refractivity contribution is -0.131. The molecule has 0 aliphatic heterocycles. The van der Waals surface area contributed by atoms with E-state index < -0.39 is 5.97 Å². The quantitative estimate of drug-likeness (QED) is 0.146. The number of hydrogen-bond acceptors (Lipinski definition) is 4. The molecule has 4 rings (SSSR count). The largest absolute Gasteiger partial charge is 0.493 e. The molecule has 0 unspecified atom stereocenters. The van der Waals surface area contributed by atoms with E-state index in [1.807, 2.05) is 48.7 Å². The van der Waals surface area contributed by atoms with Gasteiger partial charge in [-0.1, -0.05) is 49.4 Å². The number of nitrogens with one attached hydrogen (secondary N) is 1. The molecule has 6 nitrogen and oxygen atoms in total. The number of hydrogen-bond donors (Lipinski definition) is 2. The van der Waals surface area contributed by atoms with Gasteiger partial charge >= 0.3 is 5.97 Å². The number of carboxylic acid groups (broad SMARTS) is 1. The van der Waals surface area contributed by atoms with Crippen LogP contribution in [-0.4, -0.2) is 41.6 Å². The third-order valence-electron chi connectivity index (χ3n) is 5.95. The van der Waals surface area contributed by atoms with Crippen molar-refractivity contribution in [3.05, 3.63) is 101 Å². The minimum absolute atomic E-state index is 0.595. The molecule has 1 aromatic heterocycles. The van der Waals surface area contributed by atoms with Crippen molar-refractivity contribution in [3.8, 4) is 5.75 Å². The summed E-state index contributed by atoms with van der Waals surface area (Å²) in [7, 11) is 1.69. The first kappa shape index (κ1) is 24.9. The molecule has 1 heterocycles. The van der Waals surface area contributed by atoms with Crippen LogP contribution in [0, 0.1) is 0 Å². The van der Waals surface area contributed by atoms with Gasteiger partial charge in [-0.15, -0.1) is 0 Å². The number of H-pyrrole nitrogens is 1. The van der Waals surface area contributed by atoms with E-state index in [1.54, 1.807) is 13.2 Å². The molecule has 2 N–H and O–H groups in total. The number of fused-ring (bicyclic) bond motifs is 1. The van der Waals surface area contributed by atoms with Crippen molar-refractivity contribution in [2.24, 2.45) is 0 Å². The van der Waals surface area contributed by atoms with Gasteiger partial charge in [-0.3, -0.25) is 5.10 Å². The number of nitrogens with zero attached hydrogens (tertiary/aromatic N) is 1. The van der Waals surface area contributed by atoms with Crippen molar-refractivity contribution in [3.63, 3.8) is 0 Å². The third-order valence-corrected chi connectivity index (χ3v) is 5.95. The first-order chi connectivity index (χ1) is 17.6. The number of allylic oxidation sites excluding steroid dienone is 1. The van der Waals surface area contributed by atoms with Gasteiger partial charge in [-0.25, -0.2) is 4.79 Å². The molecule has 0 atom stereocenters. The van der Waals surface area contributed by atoms with E-state index in [0.717, 1.165) is 63.4 Å². The van der Waals surface area contributed by atoms with Gasteiger partial charge < -0.3 is 14.6 Å². The van der Waals surface area contributed by atoms with Crippen LogP contribution in [-0.2, 0) is 9.53 Å². The van der Waals surface area contributed by atoms with Gasteiger partial charge in [0.1, 0.15) is 5.75 Å². The lowest BCUT2D eigenvalue weighted by Gasteiger charge is -2.17. The van der Waals surface area contributed by atoms with E-state index in [4.69, 9.17) is 14.6 Å². The Morgan fingerprint density at radius 1 is 1.00 bits per heavy atom. The summed E-state index contributed by atoms with van der Waals surface area (Å²) in [5.74, 6) is -0.140. The summed E-state index contributed by atoms with van der Waals surface area (Å²) in [6, 6.07) is 22.5. The topological polar surface area (TPSA) is 84.4 Å². The minimum atomic E-state index is -0.967. The van der Waals surface area contributed by atoms with Gasteiger partial charge in [0.15, 0.2) is 0 Å². The number of aliphatic carboxylic acids is 1. The molecular formula is C30H30N2O4. The van der Waals surface area contributed by atoms with E-state index in [2.05, 4.69) is 41.4 Å². The Morgan fingerprint density at radius 3 is 2.56 bits per heavy atom. The Kier molecular flexibility index (Phi) is 8.32. The van der Waals surface area contributed by atoms with Crippen molar-refractivity contribution >= 4 is 34.1 Å². The van der Waals surface area contributed by atoms with Crippen molar-refractivity contribution in [2.75, 3.05) is 20.3 Å². The van der Waals surface area contributed by atoms with E-state index in [0.29, 0.717) is 13.2 Å². The maximum Gasteiger partial charge on any atom is 0.328 e. The van der Waals surface area contributed by atoms with Crippen LogP contribution in [0.2, 0.25) is 0 Å². The molecule has 0 fully saturated rings. The number of aromatic amines is 1. The Bertz CT molecular complexity index is 1380. The average Bonchev–Trinajstić information content (AvgIpc) is 3.37. The molecule has 0 saturated heterocycles. The average molecular weight is 483 g/mol. The molecule has 0 radical (unpaired) electrons. The monoisotopic (exact) mass is 482 g/mol. The minimum Gasteiger partial charge on any atom is -0.493 e. The van der Waals surface area contributed by atoms with Crippen LogP contribution in [0.3, 0.4) is 0 Å². The number of carbonyl (C=O) groups is 1. The lowest BCUT2D eigenvalue weighted by Crippen LogP contribution is -2.02. The molecule has 184 valence electrons.